The fourth-order valence-electron chi connectivity index (χ4n) is 6.58. The van der Waals surface area contributed by atoms with Gasteiger partial charge in [0.25, 0.3) is 0 Å². The van der Waals surface area contributed by atoms with E-state index in [4.69, 9.17) is 8.83 Å². The molecule has 0 amide bonds. The number of pyridine rings is 2. The van der Waals surface area contributed by atoms with Crippen LogP contribution in [0.1, 0.15) is 36.4 Å². The second-order valence-corrected chi connectivity index (χ2v) is 12.0. The van der Waals surface area contributed by atoms with Crippen LogP contribution >= 0.6 is 0 Å². The van der Waals surface area contributed by atoms with E-state index in [9.17, 15) is 0 Å². The summed E-state index contributed by atoms with van der Waals surface area (Å²) in [5, 5.41) is 4.29. The highest BCUT2D eigenvalue weighted by atomic mass is 16.3. The van der Waals surface area contributed by atoms with Crippen LogP contribution in [0.2, 0.25) is 0 Å². The standard InChI is InChI=1S/C35H34N6O2/c1-20-11-32-26(28-17-36-22(3)13-34(28)42-32)15-30(20)40-9-7-38(24(40)5)19-39-8-10-41(25(39)6)31-16-27-29-18-37-23(4)14-35(29)43-33(27)12-21(31)2/h7-18,24-25H,19H2,1-6H3/t24-,25+. The molecule has 216 valence electrons. The minimum Gasteiger partial charge on any atom is -0.456 e. The molecule has 0 N–H and O–H groups in total. The van der Waals surface area contributed by atoms with Crippen LogP contribution in [0.25, 0.3) is 43.9 Å². The van der Waals surface area contributed by atoms with Crippen LogP contribution in [0.4, 0.5) is 11.4 Å². The highest BCUT2D eigenvalue weighted by molar-refractivity contribution is 6.07. The van der Waals surface area contributed by atoms with Gasteiger partial charge in [-0.15, -0.1) is 0 Å². The first-order valence-electron chi connectivity index (χ1n) is 14.8. The van der Waals surface area contributed by atoms with Crippen molar-refractivity contribution in [1.82, 2.24) is 19.8 Å². The summed E-state index contributed by atoms with van der Waals surface area (Å²) in [6.45, 7) is 13.5. The molecule has 4 aromatic heterocycles. The molecule has 0 unspecified atom stereocenters. The molecule has 8 heteroatoms. The summed E-state index contributed by atoms with van der Waals surface area (Å²) in [7, 11) is 0. The van der Waals surface area contributed by atoms with Gasteiger partial charge in [0.15, 0.2) is 0 Å². The van der Waals surface area contributed by atoms with Crippen LogP contribution in [0, 0.1) is 27.7 Å². The zero-order valence-corrected chi connectivity index (χ0v) is 25.3. The van der Waals surface area contributed by atoms with Crippen molar-refractivity contribution in [3.8, 4) is 0 Å². The summed E-state index contributed by atoms with van der Waals surface area (Å²) >= 11 is 0. The Labute approximate surface area is 250 Å². The molecule has 43 heavy (non-hydrogen) atoms. The van der Waals surface area contributed by atoms with E-state index in [1.807, 2.05) is 38.4 Å². The number of hydrogen-bond acceptors (Lipinski definition) is 8. The van der Waals surface area contributed by atoms with Crippen LogP contribution in [-0.4, -0.2) is 38.8 Å². The van der Waals surface area contributed by atoms with Crippen molar-refractivity contribution in [2.75, 3.05) is 16.5 Å². The number of rotatable bonds is 4. The van der Waals surface area contributed by atoms with E-state index in [1.165, 1.54) is 22.5 Å². The zero-order valence-electron chi connectivity index (χ0n) is 25.3. The highest BCUT2D eigenvalue weighted by Crippen LogP contribution is 2.38. The average molecular weight is 571 g/mol. The predicted molar refractivity (Wildman–Crippen MR) is 173 cm³/mol. The Morgan fingerprint density at radius 1 is 0.558 bits per heavy atom. The van der Waals surface area contributed by atoms with Gasteiger partial charge in [-0.3, -0.25) is 9.97 Å². The average Bonchev–Trinajstić information content (AvgIpc) is 3.71. The molecule has 2 aliphatic heterocycles. The smallest absolute Gasteiger partial charge is 0.138 e. The molecule has 0 bridgehead atoms. The number of aromatic nitrogens is 2. The zero-order chi connectivity index (χ0) is 29.6. The number of benzene rings is 2. The molecule has 2 aromatic carbocycles. The summed E-state index contributed by atoms with van der Waals surface area (Å²) in [6, 6.07) is 12.8. The first kappa shape index (κ1) is 25.7. The molecule has 6 heterocycles. The molecule has 0 saturated heterocycles. The fraction of sp³-hybridized carbons (Fsp3) is 0.257. The number of nitrogens with zero attached hydrogens (tertiary/aromatic N) is 6. The van der Waals surface area contributed by atoms with Crippen LogP contribution in [0.3, 0.4) is 0 Å². The van der Waals surface area contributed by atoms with E-state index in [0.717, 1.165) is 61.9 Å². The lowest BCUT2D eigenvalue weighted by molar-refractivity contribution is 0.176. The van der Waals surface area contributed by atoms with E-state index in [2.05, 4.69) is 106 Å². The van der Waals surface area contributed by atoms with Crippen LogP contribution in [-0.2, 0) is 0 Å². The van der Waals surface area contributed by atoms with Crippen LogP contribution in [0.15, 0.2) is 82.4 Å². The molecule has 2 aliphatic rings. The van der Waals surface area contributed by atoms with Gasteiger partial charge in [-0.05, 0) is 76.9 Å². The number of fused-ring (bicyclic) bond motifs is 6. The third-order valence-electron chi connectivity index (χ3n) is 9.11. The molecule has 0 aliphatic carbocycles. The summed E-state index contributed by atoms with van der Waals surface area (Å²) in [4.78, 5) is 18.5. The van der Waals surface area contributed by atoms with Gasteiger partial charge >= 0.3 is 0 Å². The topological polar surface area (TPSA) is 65.0 Å². The van der Waals surface area contributed by atoms with Crippen molar-refractivity contribution in [1.29, 1.82) is 0 Å². The van der Waals surface area contributed by atoms with E-state index in [1.54, 1.807) is 0 Å². The third-order valence-corrected chi connectivity index (χ3v) is 9.11. The largest absolute Gasteiger partial charge is 0.456 e. The summed E-state index contributed by atoms with van der Waals surface area (Å²) < 4.78 is 12.3. The summed E-state index contributed by atoms with van der Waals surface area (Å²) in [5.74, 6) is 0. The van der Waals surface area contributed by atoms with Crippen LogP contribution in [0.5, 0.6) is 0 Å². The van der Waals surface area contributed by atoms with Crippen molar-refractivity contribution in [3.05, 3.63) is 96.1 Å². The van der Waals surface area contributed by atoms with Gasteiger partial charge in [-0.2, -0.15) is 0 Å². The Morgan fingerprint density at radius 3 is 1.42 bits per heavy atom. The quantitative estimate of drug-likeness (QED) is 0.211. The first-order valence-corrected chi connectivity index (χ1v) is 14.8. The molecule has 8 nitrogen and oxygen atoms in total. The molecule has 6 aromatic rings. The molecular weight excluding hydrogens is 536 g/mol. The van der Waals surface area contributed by atoms with E-state index >= 15 is 0 Å². The number of hydrogen-bond donors (Lipinski definition) is 0. The fourth-order valence-corrected chi connectivity index (χ4v) is 6.58. The maximum atomic E-state index is 6.17. The Kier molecular flexibility index (Phi) is 5.54. The van der Waals surface area contributed by atoms with Crippen molar-refractivity contribution in [2.24, 2.45) is 0 Å². The van der Waals surface area contributed by atoms with Gasteiger partial charge in [0, 0.05) is 93.6 Å². The molecule has 0 spiro atoms. The Hall–Kier alpha value is -4.98. The van der Waals surface area contributed by atoms with E-state index in [-0.39, 0.29) is 12.3 Å². The lowest BCUT2D eigenvalue weighted by Crippen LogP contribution is -2.45. The minimum atomic E-state index is 0.149. The van der Waals surface area contributed by atoms with Crippen molar-refractivity contribution in [3.63, 3.8) is 0 Å². The van der Waals surface area contributed by atoms with E-state index in [0.29, 0.717) is 0 Å². The molecule has 2 atom stereocenters. The van der Waals surface area contributed by atoms with Gasteiger partial charge < -0.3 is 28.4 Å². The van der Waals surface area contributed by atoms with E-state index < -0.39 is 0 Å². The van der Waals surface area contributed by atoms with Crippen molar-refractivity contribution in [2.45, 2.75) is 53.9 Å². The number of anilines is 2. The monoisotopic (exact) mass is 570 g/mol. The molecule has 0 fully saturated rings. The molecular formula is C35H34N6O2. The van der Waals surface area contributed by atoms with Gasteiger partial charge in [0.2, 0.25) is 0 Å². The lowest BCUT2D eigenvalue weighted by Gasteiger charge is -2.36. The Balaban J connectivity index is 1.03. The first-order chi connectivity index (χ1) is 20.7. The van der Waals surface area contributed by atoms with Crippen molar-refractivity contribution >= 4 is 55.3 Å². The Bertz CT molecular complexity index is 1990. The lowest BCUT2D eigenvalue weighted by atomic mass is 10.1. The van der Waals surface area contributed by atoms with Gasteiger partial charge in [-0.1, -0.05) is 0 Å². The second kappa shape index (κ2) is 9.26. The highest BCUT2D eigenvalue weighted by Gasteiger charge is 2.31. The van der Waals surface area contributed by atoms with Crippen LogP contribution < -0.4 is 9.80 Å². The van der Waals surface area contributed by atoms with Gasteiger partial charge in [0.1, 0.15) is 34.7 Å². The maximum Gasteiger partial charge on any atom is 0.138 e. The number of aryl methyl sites for hydroxylation is 4. The predicted octanol–water partition coefficient (Wildman–Crippen LogP) is 8.05. The summed E-state index contributed by atoms with van der Waals surface area (Å²) in [5.41, 5.74) is 10.2. The van der Waals surface area contributed by atoms with Gasteiger partial charge in [-0.25, -0.2) is 0 Å². The molecule has 8 rings (SSSR count). The summed E-state index contributed by atoms with van der Waals surface area (Å²) in [6.07, 6.45) is 12.9. The second-order valence-electron chi connectivity index (χ2n) is 12.0. The minimum absolute atomic E-state index is 0.149. The SMILES string of the molecule is Cc1cc2oc3cc(C)c(N4C=CN(CN5C=CN(c6cc7c(cc6C)oc6cc(C)ncc67)[C@H]5C)[C@H]4C)cc3c2cn1. The normalized spacial score (nSPS) is 18.7. The number of furan rings is 2. The molecule has 0 radical (unpaired) electrons. The van der Waals surface area contributed by atoms with Crippen molar-refractivity contribution < 1.29 is 8.83 Å². The Morgan fingerprint density at radius 2 is 0.977 bits per heavy atom. The third kappa shape index (κ3) is 3.96. The van der Waals surface area contributed by atoms with Gasteiger partial charge in [0.05, 0.1) is 6.67 Å². The maximum absolute atomic E-state index is 6.17. The molecule has 0 saturated carbocycles.